The summed E-state index contributed by atoms with van der Waals surface area (Å²) >= 11 is 3.30. The second-order valence-electron chi connectivity index (χ2n) is 8.59. The summed E-state index contributed by atoms with van der Waals surface area (Å²) in [5.74, 6) is -0.355. The van der Waals surface area contributed by atoms with E-state index in [1.807, 2.05) is 23.9 Å². The number of carbonyl (C=O) groups is 1. The third kappa shape index (κ3) is 4.93. The molecular formula is C25H29NOS2. The number of rotatable bonds is 5. The summed E-state index contributed by atoms with van der Waals surface area (Å²) in [5.41, 5.74) is 12.1. The van der Waals surface area contributed by atoms with Gasteiger partial charge in [-0.25, -0.2) is 0 Å². The van der Waals surface area contributed by atoms with Crippen LogP contribution in [0.3, 0.4) is 0 Å². The van der Waals surface area contributed by atoms with Gasteiger partial charge in [-0.05, 0) is 78.3 Å². The molecule has 0 saturated heterocycles. The largest absolute Gasteiger partial charge is 0.365 e. The van der Waals surface area contributed by atoms with Crippen molar-refractivity contribution >= 4 is 29.0 Å². The number of amides is 1. The lowest BCUT2D eigenvalue weighted by Gasteiger charge is -2.20. The second kappa shape index (κ2) is 8.37. The van der Waals surface area contributed by atoms with Crippen LogP contribution in [0.2, 0.25) is 0 Å². The van der Waals surface area contributed by atoms with Gasteiger partial charge in [0.1, 0.15) is 0 Å². The first-order valence-corrected chi connectivity index (χ1v) is 11.5. The third-order valence-electron chi connectivity index (χ3n) is 5.13. The van der Waals surface area contributed by atoms with Crippen LogP contribution in [0, 0.1) is 13.8 Å². The van der Waals surface area contributed by atoms with E-state index in [0.717, 1.165) is 0 Å². The molecule has 1 amide bonds. The van der Waals surface area contributed by atoms with Gasteiger partial charge in [-0.3, -0.25) is 4.79 Å². The summed E-state index contributed by atoms with van der Waals surface area (Å²) in [6, 6.07) is 17.3. The van der Waals surface area contributed by atoms with Gasteiger partial charge in [-0.15, -0.1) is 23.1 Å². The van der Waals surface area contributed by atoms with Crippen molar-refractivity contribution in [3.8, 4) is 11.1 Å². The third-order valence-corrected chi connectivity index (χ3v) is 7.68. The molecule has 1 heterocycles. The maximum absolute atomic E-state index is 11.4. The molecule has 1 unspecified atom stereocenters. The lowest BCUT2D eigenvalue weighted by atomic mass is 9.85. The number of hydrogen-bond donors (Lipinski definition) is 1. The highest BCUT2D eigenvalue weighted by molar-refractivity contribution is 7.99. The molecule has 3 rings (SSSR count). The highest BCUT2D eigenvalue weighted by atomic mass is 32.2. The van der Waals surface area contributed by atoms with Crippen molar-refractivity contribution in [3.63, 3.8) is 0 Å². The van der Waals surface area contributed by atoms with Crippen LogP contribution in [0.1, 0.15) is 64.2 Å². The number of benzene rings is 2. The van der Waals surface area contributed by atoms with E-state index >= 15 is 0 Å². The fraction of sp³-hybridized carbons (Fsp3) is 0.320. The first kappa shape index (κ1) is 21.7. The van der Waals surface area contributed by atoms with E-state index in [9.17, 15) is 4.79 Å². The van der Waals surface area contributed by atoms with Crippen LogP contribution >= 0.6 is 23.1 Å². The van der Waals surface area contributed by atoms with Crippen LogP contribution in [0.4, 0.5) is 0 Å². The fourth-order valence-electron chi connectivity index (χ4n) is 3.55. The Kier molecular flexibility index (Phi) is 6.25. The minimum atomic E-state index is -0.355. The molecule has 0 spiro atoms. The zero-order valence-electron chi connectivity index (χ0n) is 18.0. The summed E-state index contributed by atoms with van der Waals surface area (Å²) in [7, 11) is 0. The van der Waals surface area contributed by atoms with E-state index in [-0.39, 0.29) is 16.6 Å². The molecule has 4 heteroatoms. The number of aryl methyl sites for hydroxylation is 2. The number of hydrogen-bond acceptors (Lipinski definition) is 3. The molecule has 2 N–H and O–H groups in total. The molecule has 2 nitrogen and oxygen atoms in total. The van der Waals surface area contributed by atoms with Crippen molar-refractivity contribution in [2.24, 2.45) is 5.73 Å². The Balaban J connectivity index is 1.84. The quantitative estimate of drug-likeness (QED) is 0.438. The van der Waals surface area contributed by atoms with Crippen LogP contribution in [0.25, 0.3) is 11.1 Å². The molecule has 0 aliphatic rings. The molecule has 0 radical (unpaired) electrons. The molecule has 0 fully saturated rings. The van der Waals surface area contributed by atoms with Gasteiger partial charge in [0.05, 0.1) is 4.88 Å². The first-order chi connectivity index (χ1) is 13.6. The number of thiophene rings is 1. The van der Waals surface area contributed by atoms with Gasteiger partial charge in [-0.2, -0.15) is 0 Å². The topological polar surface area (TPSA) is 43.1 Å². The molecule has 0 aliphatic carbocycles. The van der Waals surface area contributed by atoms with E-state index < -0.39 is 0 Å². The fourth-order valence-corrected chi connectivity index (χ4v) is 5.72. The Morgan fingerprint density at radius 3 is 2.07 bits per heavy atom. The van der Waals surface area contributed by atoms with Crippen LogP contribution in [-0.4, -0.2) is 5.91 Å². The SMILES string of the molecule is Cc1cc(SC(C)c2ccc(C(N)=O)s2)cc(C)c1-c1ccc(C(C)(C)C)cc1. The lowest BCUT2D eigenvalue weighted by molar-refractivity contribution is 0.100. The van der Waals surface area contributed by atoms with Crippen molar-refractivity contribution in [2.45, 2.75) is 57.1 Å². The molecule has 3 aromatic rings. The maximum Gasteiger partial charge on any atom is 0.258 e. The standard InChI is InChI=1S/C25H29NOS2/c1-15-13-20(28-17(3)21-11-12-22(29-21)24(26)27)14-16(2)23(15)18-7-9-19(10-8-18)25(4,5)6/h7-14,17H,1-6H3,(H2,26,27). The Morgan fingerprint density at radius 1 is 1.00 bits per heavy atom. The Bertz CT molecular complexity index is 1000. The molecule has 0 aliphatic heterocycles. The maximum atomic E-state index is 11.4. The summed E-state index contributed by atoms with van der Waals surface area (Å²) in [5, 5.41) is 0.267. The zero-order chi connectivity index (χ0) is 21.3. The summed E-state index contributed by atoms with van der Waals surface area (Å²) in [6.07, 6.45) is 0. The van der Waals surface area contributed by atoms with Crippen molar-refractivity contribution < 1.29 is 4.79 Å². The Morgan fingerprint density at radius 2 is 1.59 bits per heavy atom. The highest BCUT2D eigenvalue weighted by Gasteiger charge is 2.16. The number of nitrogens with two attached hydrogens (primary N) is 1. The first-order valence-electron chi connectivity index (χ1n) is 9.84. The zero-order valence-corrected chi connectivity index (χ0v) is 19.6. The smallest absolute Gasteiger partial charge is 0.258 e. The minimum Gasteiger partial charge on any atom is -0.365 e. The van der Waals surface area contributed by atoms with E-state index in [0.29, 0.717) is 4.88 Å². The second-order valence-corrected chi connectivity index (χ2v) is 11.1. The summed E-state index contributed by atoms with van der Waals surface area (Å²) < 4.78 is 0. The van der Waals surface area contributed by atoms with E-state index in [2.05, 4.69) is 77.9 Å². The van der Waals surface area contributed by atoms with Gasteiger partial charge < -0.3 is 5.73 Å². The minimum absolute atomic E-state index is 0.162. The molecular weight excluding hydrogens is 394 g/mol. The van der Waals surface area contributed by atoms with Crippen LogP contribution in [-0.2, 0) is 5.41 Å². The average molecular weight is 424 g/mol. The van der Waals surface area contributed by atoms with Crippen molar-refractivity contribution in [1.82, 2.24) is 0 Å². The van der Waals surface area contributed by atoms with Gasteiger partial charge in [0.15, 0.2) is 0 Å². The van der Waals surface area contributed by atoms with Gasteiger partial charge in [0, 0.05) is 15.0 Å². The number of thioether (sulfide) groups is 1. The van der Waals surface area contributed by atoms with E-state index in [1.54, 1.807) is 0 Å². The predicted molar refractivity (Wildman–Crippen MR) is 127 cm³/mol. The number of carbonyl (C=O) groups excluding carboxylic acids is 1. The highest BCUT2D eigenvalue weighted by Crippen LogP contribution is 2.40. The van der Waals surface area contributed by atoms with Crippen molar-refractivity contribution in [1.29, 1.82) is 0 Å². The van der Waals surface area contributed by atoms with Crippen molar-refractivity contribution in [2.75, 3.05) is 0 Å². The summed E-state index contributed by atoms with van der Waals surface area (Å²) in [6.45, 7) is 13.3. The molecule has 29 heavy (non-hydrogen) atoms. The van der Waals surface area contributed by atoms with Crippen LogP contribution < -0.4 is 5.73 Å². The van der Waals surface area contributed by atoms with Gasteiger partial charge in [-0.1, -0.05) is 45.0 Å². The average Bonchev–Trinajstić information content (AvgIpc) is 3.11. The number of primary amides is 1. The molecule has 0 saturated carbocycles. The van der Waals surface area contributed by atoms with Gasteiger partial charge in [0.2, 0.25) is 0 Å². The van der Waals surface area contributed by atoms with Gasteiger partial charge in [0.25, 0.3) is 5.91 Å². The lowest BCUT2D eigenvalue weighted by Crippen LogP contribution is -2.10. The monoisotopic (exact) mass is 423 g/mol. The predicted octanol–water partition coefficient (Wildman–Crippen LogP) is 7.28. The molecule has 1 aromatic heterocycles. The normalized spacial score (nSPS) is 12.8. The Hall–Kier alpha value is -2.04. The Labute approximate surface area is 182 Å². The van der Waals surface area contributed by atoms with Crippen LogP contribution in [0.15, 0.2) is 53.4 Å². The van der Waals surface area contributed by atoms with Gasteiger partial charge >= 0.3 is 0 Å². The molecule has 2 aromatic carbocycles. The van der Waals surface area contributed by atoms with Crippen LogP contribution in [0.5, 0.6) is 0 Å². The van der Waals surface area contributed by atoms with Crippen molar-refractivity contribution in [3.05, 3.63) is 75.0 Å². The van der Waals surface area contributed by atoms with E-state index in [1.165, 1.54) is 48.9 Å². The summed E-state index contributed by atoms with van der Waals surface area (Å²) in [4.78, 5) is 14.4. The molecule has 0 bridgehead atoms. The van der Waals surface area contributed by atoms with E-state index in [4.69, 9.17) is 5.73 Å². The molecule has 152 valence electrons. The molecule has 1 atom stereocenters.